The lowest BCUT2D eigenvalue weighted by molar-refractivity contribution is 0.0722. The van der Waals surface area contributed by atoms with Gasteiger partial charge in [0.2, 0.25) is 0 Å². The molecule has 0 saturated heterocycles. The van der Waals surface area contributed by atoms with Gasteiger partial charge in [0.05, 0.1) is 6.61 Å². The maximum absolute atomic E-state index is 5.49. The van der Waals surface area contributed by atoms with Crippen molar-refractivity contribution < 1.29 is 4.74 Å². The zero-order chi connectivity index (χ0) is 8.74. The second-order valence-electron chi connectivity index (χ2n) is 3.96. The van der Waals surface area contributed by atoms with Crippen LogP contribution in [0.15, 0.2) is 0 Å². The third-order valence-corrected chi connectivity index (χ3v) is 1.87. The van der Waals surface area contributed by atoms with Crippen molar-refractivity contribution in [2.75, 3.05) is 25.2 Å². The number of ether oxygens (including phenoxy) is 1. The van der Waals surface area contributed by atoms with Crippen molar-refractivity contribution >= 4 is 11.8 Å². The largest absolute Gasteiger partial charge is 0.381 e. The van der Waals surface area contributed by atoms with Crippen LogP contribution in [0, 0.1) is 5.41 Å². The molecule has 0 aliphatic carbocycles. The molecule has 0 radical (unpaired) electrons. The van der Waals surface area contributed by atoms with Gasteiger partial charge in [-0.15, -0.1) is 0 Å². The quantitative estimate of drug-likeness (QED) is 0.596. The monoisotopic (exact) mass is 176 g/mol. The molecular formula is C9H20OS. The van der Waals surface area contributed by atoms with E-state index in [0.717, 1.165) is 13.2 Å². The van der Waals surface area contributed by atoms with Crippen LogP contribution in [0.2, 0.25) is 0 Å². The molecular weight excluding hydrogens is 156 g/mol. The summed E-state index contributed by atoms with van der Waals surface area (Å²) in [7, 11) is 0. The van der Waals surface area contributed by atoms with E-state index >= 15 is 0 Å². The normalized spacial score (nSPS) is 12.0. The van der Waals surface area contributed by atoms with E-state index in [2.05, 4.69) is 27.0 Å². The molecule has 0 N–H and O–H groups in total. The lowest BCUT2D eigenvalue weighted by Crippen LogP contribution is -2.15. The minimum Gasteiger partial charge on any atom is -0.381 e. The first-order valence-electron chi connectivity index (χ1n) is 4.13. The molecule has 0 atom stereocenters. The fraction of sp³-hybridized carbons (Fsp3) is 1.00. The van der Waals surface area contributed by atoms with Crippen molar-refractivity contribution in [1.82, 2.24) is 0 Å². The molecule has 0 aromatic heterocycles. The van der Waals surface area contributed by atoms with Crippen molar-refractivity contribution in [2.45, 2.75) is 27.2 Å². The summed E-state index contributed by atoms with van der Waals surface area (Å²) in [5.74, 6) is 1.21. The molecule has 2 heteroatoms. The van der Waals surface area contributed by atoms with Gasteiger partial charge >= 0.3 is 0 Å². The number of hydrogen-bond acceptors (Lipinski definition) is 2. The van der Waals surface area contributed by atoms with E-state index < -0.39 is 0 Å². The van der Waals surface area contributed by atoms with Crippen LogP contribution >= 0.6 is 11.8 Å². The zero-order valence-corrected chi connectivity index (χ0v) is 8.96. The average molecular weight is 176 g/mol. The summed E-state index contributed by atoms with van der Waals surface area (Å²) >= 11 is 1.88. The summed E-state index contributed by atoms with van der Waals surface area (Å²) in [4.78, 5) is 0. The Hall–Kier alpha value is 0.310. The van der Waals surface area contributed by atoms with Gasteiger partial charge in [-0.3, -0.25) is 0 Å². The molecule has 0 saturated carbocycles. The molecule has 0 bridgehead atoms. The van der Waals surface area contributed by atoms with Crippen molar-refractivity contribution in [3.63, 3.8) is 0 Å². The number of thioether (sulfide) groups is 1. The summed E-state index contributed by atoms with van der Waals surface area (Å²) in [6.07, 6.45) is 3.31. The van der Waals surface area contributed by atoms with Gasteiger partial charge in [0.25, 0.3) is 0 Å². The van der Waals surface area contributed by atoms with Gasteiger partial charge in [-0.2, -0.15) is 11.8 Å². The minimum atomic E-state index is 0.319. The van der Waals surface area contributed by atoms with E-state index in [-0.39, 0.29) is 0 Å². The Bertz CT molecular complexity index is 86.1. The fourth-order valence-corrected chi connectivity index (χ4v) is 1.09. The first-order chi connectivity index (χ1) is 5.06. The smallest absolute Gasteiger partial charge is 0.0514 e. The van der Waals surface area contributed by atoms with Gasteiger partial charge in [-0.1, -0.05) is 20.8 Å². The molecule has 0 unspecified atom stereocenters. The van der Waals surface area contributed by atoms with Gasteiger partial charge < -0.3 is 4.74 Å². The van der Waals surface area contributed by atoms with Gasteiger partial charge in [-0.05, 0) is 23.8 Å². The Balaban J connectivity index is 3.02. The Morgan fingerprint density at radius 3 is 2.36 bits per heavy atom. The molecule has 0 aliphatic heterocycles. The summed E-state index contributed by atoms with van der Waals surface area (Å²) in [5, 5.41) is 0. The molecule has 0 heterocycles. The minimum absolute atomic E-state index is 0.319. The van der Waals surface area contributed by atoms with Gasteiger partial charge in [-0.25, -0.2) is 0 Å². The molecule has 11 heavy (non-hydrogen) atoms. The first kappa shape index (κ1) is 11.3. The Morgan fingerprint density at radius 2 is 1.91 bits per heavy atom. The van der Waals surface area contributed by atoms with E-state index in [9.17, 15) is 0 Å². The van der Waals surface area contributed by atoms with Gasteiger partial charge in [0.15, 0.2) is 0 Å². The molecule has 0 fully saturated rings. The Labute approximate surface area is 74.9 Å². The van der Waals surface area contributed by atoms with Crippen molar-refractivity contribution in [2.24, 2.45) is 5.41 Å². The lowest BCUT2D eigenvalue weighted by atomic mass is 9.99. The highest BCUT2D eigenvalue weighted by molar-refractivity contribution is 7.98. The Kier molecular flexibility index (Phi) is 6.06. The molecule has 0 aromatic rings. The summed E-state index contributed by atoms with van der Waals surface area (Å²) in [6, 6.07) is 0. The van der Waals surface area contributed by atoms with Crippen LogP contribution in [-0.2, 0) is 4.74 Å². The van der Waals surface area contributed by atoms with E-state index in [1.165, 1.54) is 12.2 Å². The maximum Gasteiger partial charge on any atom is 0.0514 e. The summed E-state index contributed by atoms with van der Waals surface area (Å²) in [5.41, 5.74) is 0.319. The van der Waals surface area contributed by atoms with E-state index in [4.69, 9.17) is 4.74 Å². The highest BCUT2D eigenvalue weighted by Gasteiger charge is 2.08. The van der Waals surface area contributed by atoms with E-state index in [1.54, 1.807) is 0 Å². The lowest BCUT2D eigenvalue weighted by Gasteiger charge is -2.17. The molecule has 0 amide bonds. The topological polar surface area (TPSA) is 9.23 Å². The van der Waals surface area contributed by atoms with Crippen LogP contribution in [0.4, 0.5) is 0 Å². The summed E-state index contributed by atoms with van der Waals surface area (Å²) in [6.45, 7) is 8.38. The van der Waals surface area contributed by atoms with Gasteiger partial charge in [0, 0.05) is 6.61 Å². The molecule has 0 spiro atoms. The molecule has 0 aromatic carbocycles. The highest BCUT2D eigenvalue weighted by Crippen LogP contribution is 2.12. The van der Waals surface area contributed by atoms with Crippen molar-refractivity contribution in [1.29, 1.82) is 0 Å². The van der Waals surface area contributed by atoms with Crippen LogP contribution in [-0.4, -0.2) is 25.2 Å². The molecule has 1 nitrogen and oxygen atoms in total. The average Bonchev–Trinajstić information content (AvgIpc) is 1.85. The van der Waals surface area contributed by atoms with E-state index in [1.807, 2.05) is 11.8 Å². The maximum atomic E-state index is 5.49. The van der Waals surface area contributed by atoms with Crippen LogP contribution in [0.25, 0.3) is 0 Å². The molecule has 68 valence electrons. The zero-order valence-electron chi connectivity index (χ0n) is 8.14. The molecule has 0 aliphatic rings. The second kappa shape index (κ2) is 5.90. The third kappa shape index (κ3) is 10.3. The standard InChI is InChI=1S/C9H20OS/c1-9(2,3)8-10-6-5-7-11-4/h5-8H2,1-4H3. The van der Waals surface area contributed by atoms with E-state index in [0.29, 0.717) is 5.41 Å². The third-order valence-electron chi connectivity index (χ3n) is 1.17. The predicted octanol–water partition coefficient (Wildman–Crippen LogP) is 2.80. The second-order valence-corrected chi connectivity index (χ2v) is 4.95. The van der Waals surface area contributed by atoms with Crippen LogP contribution < -0.4 is 0 Å². The first-order valence-corrected chi connectivity index (χ1v) is 5.52. The van der Waals surface area contributed by atoms with Gasteiger partial charge in [0.1, 0.15) is 0 Å². The van der Waals surface area contributed by atoms with Crippen LogP contribution in [0.5, 0.6) is 0 Å². The highest BCUT2D eigenvalue weighted by atomic mass is 32.2. The van der Waals surface area contributed by atoms with Crippen molar-refractivity contribution in [3.05, 3.63) is 0 Å². The van der Waals surface area contributed by atoms with Crippen LogP contribution in [0.3, 0.4) is 0 Å². The fourth-order valence-electron chi connectivity index (χ4n) is 0.684. The number of hydrogen-bond donors (Lipinski definition) is 0. The van der Waals surface area contributed by atoms with Crippen LogP contribution in [0.1, 0.15) is 27.2 Å². The molecule has 0 rings (SSSR count). The Morgan fingerprint density at radius 1 is 1.27 bits per heavy atom. The summed E-state index contributed by atoms with van der Waals surface area (Å²) < 4.78 is 5.49. The van der Waals surface area contributed by atoms with Crippen molar-refractivity contribution in [3.8, 4) is 0 Å². The number of rotatable bonds is 5. The predicted molar refractivity (Wildman–Crippen MR) is 53.3 cm³/mol. The SMILES string of the molecule is CSCCCOCC(C)(C)C.